The van der Waals surface area contributed by atoms with Crippen molar-refractivity contribution in [2.45, 2.75) is 103 Å². The predicted octanol–water partition coefficient (Wildman–Crippen LogP) is 8.11. The van der Waals surface area contributed by atoms with Crippen molar-refractivity contribution in [2.75, 3.05) is 0 Å². The van der Waals surface area contributed by atoms with E-state index in [0.29, 0.717) is 0 Å². The minimum atomic E-state index is 1.24. The van der Waals surface area contributed by atoms with Crippen LogP contribution in [0, 0.1) is 6.42 Å². The predicted molar refractivity (Wildman–Crippen MR) is 105 cm³/mol. The molecule has 0 fully saturated rings. The summed E-state index contributed by atoms with van der Waals surface area (Å²) in [7, 11) is 0. The molecule has 0 heterocycles. The lowest BCUT2D eigenvalue weighted by molar-refractivity contribution is 0.535. The van der Waals surface area contributed by atoms with Crippen LogP contribution in [-0.4, -0.2) is 0 Å². The minimum Gasteiger partial charge on any atom is -0.0654 e. The van der Waals surface area contributed by atoms with Crippen LogP contribution in [0.1, 0.15) is 109 Å². The van der Waals surface area contributed by atoms with Crippen molar-refractivity contribution >= 4 is 0 Å². The molecule has 0 aliphatic carbocycles. The molecular weight excluding hydrogens is 276 g/mol. The smallest absolute Gasteiger partial charge is 0.00931 e. The highest BCUT2D eigenvalue weighted by atomic mass is 14.0. The van der Waals surface area contributed by atoms with Gasteiger partial charge in [-0.15, -0.1) is 0 Å². The van der Waals surface area contributed by atoms with Gasteiger partial charge in [-0.25, -0.2) is 0 Å². The Hall–Kier alpha value is -0.780. The van der Waals surface area contributed by atoms with Gasteiger partial charge >= 0.3 is 0 Å². The fraction of sp³-hybridized carbons (Fsp3) is 0.696. The monoisotopic (exact) mass is 315 g/mol. The molecule has 0 nitrogen and oxygen atoms in total. The van der Waals surface area contributed by atoms with Gasteiger partial charge in [-0.1, -0.05) is 127 Å². The fourth-order valence-electron chi connectivity index (χ4n) is 3.20. The molecule has 1 radical (unpaired) electrons. The van der Waals surface area contributed by atoms with E-state index in [1.165, 1.54) is 102 Å². The molecule has 0 spiro atoms. The molecule has 0 saturated carbocycles. The fourth-order valence-corrected chi connectivity index (χ4v) is 3.20. The Bertz CT molecular complexity index is 327. The summed E-state index contributed by atoms with van der Waals surface area (Å²) >= 11 is 0. The first kappa shape index (κ1) is 20.3. The van der Waals surface area contributed by atoms with Crippen LogP contribution in [0.5, 0.6) is 0 Å². The van der Waals surface area contributed by atoms with Crippen molar-refractivity contribution in [3.05, 3.63) is 42.3 Å². The molecular formula is C23H39. The van der Waals surface area contributed by atoms with Gasteiger partial charge in [0.15, 0.2) is 0 Å². The molecule has 0 aromatic heterocycles. The Morgan fingerprint density at radius 2 is 1.00 bits per heavy atom. The van der Waals surface area contributed by atoms with Gasteiger partial charge in [0, 0.05) is 0 Å². The Labute approximate surface area is 146 Å². The summed E-state index contributed by atoms with van der Waals surface area (Å²) < 4.78 is 0. The van der Waals surface area contributed by atoms with Gasteiger partial charge in [0.2, 0.25) is 0 Å². The van der Waals surface area contributed by atoms with Crippen molar-refractivity contribution < 1.29 is 0 Å². The van der Waals surface area contributed by atoms with Crippen LogP contribution < -0.4 is 0 Å². The molecule has 1 aromatic rings. The number of rotatable bonds is 16. The summed E-state index contributed by atoms with van der Waals surface area (Å²) in [4.78, 5) is 0. The van der Waals surface area contributed by atoms with Crippen molar-refractivity contribution in [3.8, 4) is 0 Å². The molecule has 0 aliphatic rings. The molecule has 131 valence electrons. The van der Waals surface area contributed by atoms with Crippen LogP contribution >= 0.6 is 0 Å². The zero-order valence-electron chi connectivity index (χ0n) is 15.6. The Morgan fingerprint density at radius 1 is 0.565 bits per heavy atom. The molecule has 0 bridgehead atoms. The maximum absolute atomic E-state index is 2.38. The van der Waals surface area contributed by atoms with E-state index in [-0.39, 0.29) is 0 Å². The van der Waals surface area contributed by atoms with Crippen molar-refractivity contribution in [3.63, 3.8) is 0 Å². The molecule has 1 aromatic carbocycles. The first-order valence-corrected chi connectivity index (χ1v) is 10.3. The highest BCUT2D eigenvalue weighted by Gasteiger charge is 1.95. The first-order chi connectivity index (χ1) is 11.4. The standard InChI is InChI=1S/C23H39/c1-2-3-4-5-6-7-8-9-10-11-12-13-14-15-17-20-23-21-18-16-19-22-23/h16,18-22H,2-15,17H2,1H3. The quantitative estimate of drug-likeness (QED) is 0.270. The molecule has 0 heteroatoms. The van der Waals surface area contributed by atoms with E-state index < -0.39 is 0 Å². The summed E-state index contributed by atoms with van der Waals surface area (Å²) in [6.45, 7) is 2.29. The molecule has 0 saturated heterocycles. The van der Waals surface area contributed by atoms with Crippen molar-refractivity contribution in [1.82, 2.24) is 0 Å². The van der Waals surface area contributed by atoms with Crippen LogP contribution in [0.25, 0.3) is 0 Å². The molecule has 1 rings (SSSR count). The van der Waals surface area contributed by atoms with Crippen LogP contribution in [0.3, 0.4) is 0 Å². The normalized spacial score (nSPS) is 11.0. The summed E-state index contributed by atoms with van der Waals surface area (Å²) in [5.41, 5.74) is 1.38. The zero-order chi connectivity index (χ0) is 16.4. The van der Waals surface area contributed by atoms with Crippen LogP contribution in [0.2, 0.25) is 0 Å². The lowest BCUT2D eigenvalue weighted by atomic mass is 10.0. The van der Waals surface area contributed by atoms with Gasteiger partial charge in [0.05, 0.1) is 0 Å². The highest BCUT2D eigenvalue weighted by molar-refractivity contribution is 5.21. The third-order valence-corrected chi connectivity index (χ3v) is 4.74. The van der Waals surface area contributed by atoms with E-state index in [2.05, 4.69) is 43.7 Å². The average molecular weight is 316 g/mol. The molecule has 0 aliphatic heterocycles. The van der Waals surface area contributed by atoms with Gasteiger partial charge < -0.3 is 0 Å². The molecule has 0 atom stereocenters. The topological polar surface area (TPSA) is 0 Å². The molecule has 0 unspecified atom stereocenters. The zero-order valence-corrected chi connectivity index (χ0v) is 15.6. The van der Waals surface area contributed by atoms with E-state index in [1.807, 2.05) is 0 Å². The van der Waals surface area contributed by atoms with Crippen LogP contribution in [0.15, 0.2) is 30.3 Å². The van der Waals surface area contributed by atoms with Gasteiger partial charge in [0.1, 0.15) is 0 Å². The second-order valence-electron chi connectivity index (χ2n) is 7.00. The molecule has 23 heavy (non-hydrogen) atoms. The second-order valence-corrected chi connectivity index (χ2v) is 7.00. The second kappa shape index (κ2) is 16.1. The number of unbranched alkanes of at least 4 members (excludes halogenated alkanes) is 14. The third kappa shape index (κ3) is 13.4. The van der Waals surface area contributed by atoms with E-state index >= 15 is 0 Å². The van der Waals surface area contributed by atoms with Gasteiger partial charge in [-0.05, 0) is 18.4 Å². The Morgan fingerprint density at radius 3 is 1.48 bits per heavy atom. The van der Waals surface area contributed by atoms with Gasteiger partial charge in [-0.3, -0.25) is 0 Å². The maximum Gasteiger partial charge on any atom is -0.00931 e. The summed E-state index contributed by atoms with van der Waals surface area (Å²) in [5.74, 6) is 0. The van der Waals surface area contributed by atoms with Crippen molar-refractivity contribution in [1.29, 1.82) is 0 Å². The maximum atomic E-state index is 2.38. The van der Waals surface area contributed by atoms with E-state index in [0.717, 1.165) is 0 Å². The van der Waals surface area contributed by atoms with E-state index in [9.17, 15) is 0 Å². The Balaban J connectivity index is 1.72. The van der Waals surface area contributed by atoms with Crippen molar-refractivity contribution in [2.24, 2.45) is 0 Å². The summed E-state index contributed by atoms with van der Waals surface area (Å²) in [5, 5.41) is 0. The van der Waals surface area contributed by atoms with Crippen LogP contribution in [0.4, 0.5) is 0 Å². The summed E-state index contributed by atoms with van der Waals surface area (Å²) in [6, 6.07) is 10.7. The average Bonchev–Trinajstić information content (AvgIpc) is 2.59. The summed E-state index contributed by atoms with van der Waals surface area (Å²) in [6.07, 6.45) is 23.8. The molecule has 0 amide bonds. The molecule has 0 N–H and O–H groups in total. The van der Waals surface area contributed by atoms with Gasteiger partial charge in [-0.2, -0.15) is 0 Å². The van der Waals surface area contributed by atoms with E-state index in [1.54, 1.807) is 0 Å². The Kier molecular flexibility index (Phi) is 14.2. The SMILES string of the molecule is CCCCCCCCCCCCCCCC[CH]c1ccccc1. The number of benzene rings is 1. The largest absolute Gasteiger partial charge is 0.0654 e. The number of hydrogen-bond donors (Lipinski definition) is 0. The first-order valence-electron chi connectivity index (χ1n) is 10.3. The lowest BCUT2D eigenvalue weighted by Gasteiger charge is -2.03. The number of hydrogen-bond acceptors (Lipinski definition) is 0. The van der Waals surface area contributed by atoms with Gasteiger partial charge in [0.25, 0.3) is 0 Å². The lowest BCUT2D eigenvalue weighted by Crippen LogP contribution is -1.84. The van der Waals surface area contributed by atoms with Crippen LogP contribution in [-0.2, 0) is 0 Å². The highest BCUT2D eigenvalue weighted by Crippen LogP contribution is 2.14. The third-order valence-electron chi connectivity index (χ3n) is 4.74. The van der Waals surface area contributed by atoms with E-state index in [4.69, 9.17) is 0 Å². The minimum absolute atomic E-state index is 1.24.